The first-order valence-electron chi connectivity index (χ1n) is 6.99. The molecular formula is C13H26N2O5. The minimum absolute atomic E-state index is 0.0333. The van der Waals surface area contributed by atoms with Crippen LogP contribution in [0.1, 0.15) is 0 Å². The Morgan fingerprint density at radius 2 is 0.950 bits per heavy atom. The zero-order valence-corrected chi connectivity index (χ0v) is 12.5. The van der Waals surface area contributed by atoms with E-state index in [0.29, 0.717) is 65.9 Å². The maximum atomic E-state index is 12.0. The number of likely N-dealkylation sites (N-methyl/N-ethyl adjacent to an activating group) is 2. The van der Waals surface area contributed by atoms with Crippen LogP contribution in [-0.4, -0.2) is 95.9 Å². The van der Waals surface area contributed by atoms with Crippen LogP contribution in [0.3, 0.4) is 0 Å². The highest BCUT2D eigenvalue weighted by molar-refractivity contribution is 5.73. The van der Waals surface area contributed by atoms with Crippen molar-refractivity contribution >= 4 is 6.03 Å². The molecule has 1 aliphatic heterocycles. The molecule has 0 bridgehead atoms. The van der Waals surface area contributed by atoms with Crippen LogP contribution in [0.2, 0.25) is 0 Å². The summed E-state index contributed by atoms with van der Waals surface area (Å²) in [6.07, 6.45) is 0. The smallest absolute Gasteiger partial charge is 0.319 e. The minimum atomic E-state index is -0.0333. The quantitative estimate of drug-likeness (QED) is 0.631. The zero-order valence-electron chi connectivity index (χ0n) is 12.5. The summed E-state index contributed by atoms with van der Waals surface area (Å²) in [6.45, 7) is 5.39. The van der Waals surface area contributed by atoms with Gasteiger partial charge in [0.2, 0.25) is 0 Å². The first-order valence-corrected chi connectivity index (χ1v) is 6.99. The lowest BCUT2D eigenvalue weighted by molar-refractivity contribution is -0.00185. The average molecular weight is 290 g/mol. The van der Waals surface area contributed by atoms with Crippen LogP contribution in [0.25, 0.3) is 0 Å². The maximum Gasteiger partial charge on any atom is 0.319 e. The first-order chi connectivity index (χ1) is 9.72. The van der Waals surface area contributed by atoms with Crippen LogP contribution < -0.4 is 0 Å². The van der Waals surface area contributed by atoms with Gasteiger partial charge in [0.25, 0.3) is 0 Å². The highest BCUT2D eigenvalue weighted by Gasteiger charge is 2.13. The van der Waals surface area contributed by atoms with Crippen LogP contribution >= 0.6 is 0 Å². The monoisotopic (exact) mass is 290 g/mol. The third kappa shape index (κ3) is 7.64. The normalized spacial score (nSPS) is 22.6. The number of carbonyl (C=O) groups excluding carboxylic acids is 1. The summed E-state index contributed by atoms with van der Waals surface area (Å²) in [5.74, 6) is 0. The molecule has 0 spiro atoms. The Labute approximate surface area is 120 Å². The molecule has 0 aliphatic carbocycles. The van der Waals surface area contributed by atoms with Crippen molar-refractivity contribution in [2.45, 2.75) is 0 Å². The van der Waals surface area contributed by atoms with Crippen molar-refractivity contribution in [2.24, 2.45) is 0 Å². The fourth-order valence-corrected chi connectivity index (χ4v) is 1.65. The van der Waals surface area contributed by atoms with E-state index in [2.05, 4.69) is 0 Å². The Morgan fingerprint density at radius 1 is 0.650 bits per heavy atom. The van der Waals surface area contributed by atoms with Crippen molar-refractivity contribution in [1.29, 1.82) is 0 Å². The first kappa shape index (κ1) is 17.2. The predicted molar refractivity (Wildman–Crippen MR) is 73.9 cm³/mol. The van der Waals surface area contributed by atoms with Crippen LogP contribution in [0.4, 0.5) is 4.79 Å². The summed E-state index contributed by atoms with van der Waals surface area (Å²) >= 11 is 0. The number of hydrogen-bond acceptors (Lipinski definition) is 5. The number of amides is 2. The molecule has 7 heteroatoms. The molecule has 1 saturated heterocycles. The molecule has 0 aromatic heterocycles. The standard InChI is InChI=1S/C13H26N2O5/c1-14-3-5-17-7-9-19-11-12-20-10-8-18-6-4-15(2)13(14)16/h3-12H2,1-2H3. The lowest BCUT2D eigenvalue weighted by Gasteiger charge is -2.24. The van der Waals surface area contributed by atoms with Crippen molar-refractivity contribution in [3.8, 4) is 0 Å². The molecule has 118 valence electrons. The van der Waals surface area contributed by atoms with Gasteiger partial charge in [-0.3, -0.25) is 0 Å². The number of rotatable bonds is 0. The Balaban J connectivity index is 2.32. The summed E-state index contributed by atoms with van der Waals surface area (Å²) in [5.41, 5.74) is 0. The number of ether oxygens (including phenoxy) is 4. The van der Waals surface area contributed by atoms with Crippen LogP contribution in [-0.2, 0) is 18.9 Å². The van der Waals surface area contributed by atoms with Gasteiger partial charge in [0.05, 0.1) is 52.9 Å². The van der Waals surface area contributed by atoms with E-state index in [1.165, 1.54) is 0 Å². The number of urea groups is 1. The summed E-state index contributed by atoms with van der Waals surface area (Å²) in [6, 6.07) is -0.0333. The van der Waals surface area contributed by atoms with Gasteiger partial charge in [0, 0.05) is 27.2 Å². The van der Waals surface area contributed by atoms with Gasteiger partial charge >= 0.3 is 6.03 Å². The van der Waals surface area contributed by atoms with Crippen molar-refractivity contribution < 1.29 is 23.7 Å². The van der Waals surface area contributed by atoms with E-state index >= 15 is 0 Å². The van der Waals surface area contributed by atoms with Gasteiger partial charge in [-0.1, -0.05) is 0 Å². The second kappa shape index (κ2) is 10.8. The summed E-state index contributed by atoms with van der Waals surface area (Å²) < 4.78 is 21.5. The third-order valence-electron chi connectivity index (χ3n) is 2.91. The van der Waals surface area contributed by atoms with E-state index in [1.807, 2.05) is 0 Å². The molecule has 1 heterocycles. The fraction of sp³-hybridized carbons (Fsp3) is 0.923. The molecule has 0 unspecified atom stereocenters. The van der Waals surface area contributed by atoms with E-state index in [1.54, 1.807) is 23.9 Å². The van der Waals surface area contributed by atoms with E-state index in [-0.39, 0.29) is 6.03 Å². The van der Waals surface area contributed by atoms with E-state index in [0.717, 1.165) is 0 Å². The highest BCUT2D eigenvalue weighted by Crippen LogP contribution is 1.95. The SMILES string of the molecule is CN1CCOCCOCCOCCOCCN(C)C1=O. The Morgan fingerprint density at radius 3 is 1.30 bits per heavy atom. The van der Waals surface area contributed by atoms with E-state index < -0.39 is 0 Å². The molecule has 1 aliphatic rings. The predicted octanol–water partition coefficient (Wildman–Crippen LogP) is 0.0500. The number of hydrogen-bond donors (Lipinski definition) is 0. The Hall–Kier alpha value is -0.890. The lowest BCUT2D eigenvalue weighted by atomic mass is 10.5. The van der Waals surface area contributed by atoms with Gasteiger partial charge < -0.3 is 28.7 Å². The minimum Gasteiger partial charge on any atom is -0.377 e. The van der Waals surface area contributed by atoms with Gasteiger partial charge in [-0.2, -0.15) is 0 Å². The molecule has 0 aromatic carbocycles. The highest BCUT2D eigenvalue weighted by atomic mass is 16.6. The van der Waals surface area contributed by atoms with Crippen molar-refractivity contribution in [1.82, 2.24) is 9.80 Å². The Bertz CT molecular complexity index is 241. The summed E-state index contributed by atoms with van der Waals surface area (Å²) in [5, 5.41) is 0. The van der Waals surface area contributed by atoms with Gasteiger partial charge in [0.1, 0.15) is 0 Å². The molecule has 1 rings (SSSR count). The molecule has 0 saturated carbocycles. The third-order valence-corrected chi connectivity index (χ3v) is 2.91. The number of nitrogens with zero attached hydrogens (tertiary/aromatic N) is 2. The zero-order chi connectivity index (χ0) is 14.6. The average Bonchev–Trinajstić information content (AvgIpc) is 2.45. The molecule has 20 heavy (non-hydrogen) atoms. The second-order valence-electron chi connectivity index (χ2n) is 4.58. The van der Waals surface area contributed by atoms with Crippen LogP contribution in [0.5, 0.6) is 0 Å². The van der Waals surface area contributed by atoms with Gasteiger partial charge in [0.15, 0.2) is 0 Å². The molecular weight excluding hydrogens is 264 g/mol. The lowest BCUT2D eigenvalue weighted by Crippen LogP contribution is -2.41. The Kier molecular flexibility index (Phi) is 9.31. The van der Waals surface area contributed by atoms with Crippen molar-refractivity contribution in [3.05, 3.63) is 0 Å². The number of carbonyl (C=O) groups is 1. The van der Waals surface area contributed by atoms with Gasteiger partial charge in [-0.25, -0.2) is 4.79 Å². The van der Waals surface area contributed by atoms with E-state index in [9.17, 15) is 4.79 Å². The summed E-state index contributed by atoms with van der Waals surface area (Å²) in [7, 11) is 3.53. The summed E-state index contributed by atoms with van der Waals surface area (Å²) in [4.78, 5) is 15.3. The molecule has 2 amide bonds. The fourth-order valence-electron chi connectivity index (χ4n) is 1.65. The van der Waals surface area contributed by atoms with E-state index in [4.69, 9.17) is 18.9 Å². The van der Waals surface area contributed by atoms with Crippen molar-refractivity contribution in [2.75, 3.05) is 80.0 Å². The molecule has 0 aromatic rings. The maximum absolute atomic E-state index is 12.0. The topological polar surface area (TPSA) is 60.5 Å². The van der Waals surface area contributed by atoms with Gasteiger partial charge in [-0.15, -0.1) is 0 Å². The second-order valence-corrected chi connectivity index (χ2v) is 4.58. The van der Waals surface area contributed by atoms with Gasteiger partial charge in [-0.05, 0) is 0 Å². The molecule has 0 atom stereocenters. The van der Waals surface area contributed by atoms with Crippen LogP contribution in [0.15, 0.2) is 0 Å². The molecule has 7 nitrogen and oxygen atoms in total. The molecule has 0 N–H and O–H groups in total. The van der Waals surface area contributed by atoms with Crippen LogP contribution in [0, 0.1) is 0 Å². The molecule has 1 fully saturated rings. The molecule has 0 radical (unpaired) electrons. The largest absolute Gasteiger partial charge is 0.377 e. The van der Waals surface area contributed by atoms with Crippen molar-refractivity contribution in [3.63, 3.8) is 0 Å².